The summed E-state index contributed by atoms with van der Waals surface area (Å²) in [6, 6.07) is 0. The third-order valence-corrected chi connectivity index (χ3v) is 6.62. The molecule has 2 bridgehead atoms. The number of hydrogen-bond donors (Lipinski definition) is 1. The Labute approximate surface area is 124 Å². The van der Waals surface area contributed by atoms with Gasteiger partial charge in [0.15, 0.2) is 17.9 Å². The molecular formula is C16H25FO4. The fourth-order valence-corrected chi connectivity index (χ4v) is 5.41. The van der Waals surface area contributed by atoms with Gasteiger partial charge in [-0.05, 0) is 38.0 Å². The zero-order chi connectivity index (χ0) is 15.0. The largest absolute Gasteiger partial charge is 0.363 e. The second kappa shape index (κ2) is 4.19. The van der Waals surface area contributed by atoms with Crippen molar-refractivity contribution in [2.75, 3.05) is 6.67 Å². The Hall–Kier alpha value is -0.230. The van der Waals surface area contributed by atoms with Crippen LogP contribution >= 0.6 is 0 Å². The van der Waals surface area contributed by atoms with E-state index in [4.69, 9.17) is 14.2 Å². The molecule has 1 aliphatic carbocycles. The van der Waals surface area contributed by atoms with Crippen molar-refractivity contribution in [3.05, 3.63) is 0 Å². The first-order valence-electron chi connectivity index (χ1n) is 8.19. The first kappa shape index (κ1) is 14.4. The summed E-state index contributed by atoms with van der Waals surface area (Å²) >= 11 is 0. The van der Waals surface area contributed by atoms with E-state index in [1.165, 1.54) is 0 Å². The Morgan fingerprint density at radius 1 is 1.14 bits per heavy atom. The summed E-state index contributed by atoms with van der Waals surface area (Å²) in [5, 5.41) is 10.5. The molecule has 3 heterocycles. The lowest BCUT2D eigenvalue weighted by atomic mass is 9.56. The molecule has 8 atom stereocenters. The summed E-state index contributed by atoms with van der Waals surface area (Å²) in [7, 11) is 0. The molecule has 4 fully saturated rings. The molecule has 5 heteroatoms. The Morgan fingerprint density at radius 3 is 2.62 bits per heavy atom. The van der Waals surface area contributed by atoms with Crippen LogP contribution in [0.25, 0.3) is 0 Å². The van der Waals surface area contributed by atoms with Gasteiger partial charge in [-0.25, -0.2) is 4.39 Å². The minimum Gasteiger partial charge on any atom is -0.363 e. The standard InChI is InChI=1S/C16H25FO4/c1-9-4-5-12-10(2)15(18,8-17)20-13-16(12)11(9)6-7-14(3,19-13)21-16/h9-13,18H,4-8H2,1-3H3/t9-,10-,11?,12+,13+,14+,15+,16-/m1/s1. The minimum atomic E-state index is -1.75. The molecule has 0 aromatic carbocycles. The van der Waals surface area contributed by atoms with E-state index in [-0.39, 0.29) is 11.8 Å². The maximum Gasteiger partial charge on any atom is 0.200 e. The molecule has 0 aromatic rings. The smallest absolute Gasteiger partial charge is 0.200 e. The third kappa shape index (κ3) is 1.64. The normalized spacial score (nSPS) is 62.4. The van der Waals surface area contributed by atoms with Gasteiger partial charge in [-0.15, -0.1) is 0 Å². The van der Waals surface area contributed by atoms with E-state index in [9.17, 15) is 9.50 Å². The van der Waals surface area contributed by atoms with Gasteiger partial charge in [0.1, 0.15) is 12.3 Å². The second-order valence-electron chi connectivity index (χ2n) is 7.73. The van der Waals surface area contributed by atoms with Crippen molar-refractivity contribution in [1.29, 1.82) is 0 Å². The van der Waals surface area contributed by atoms with Crippen LogP contribution in [0.1, 0.15) is 46.5 Å². The first-order valence-corrected chi connectivity index (χ1v) is 8.19. The predicted octanol–water partition coefficient (Wildman–Crippen LogP) is 2.59. The van der Waals surface area contributed by atoms with Gasteiger partial charge in [0, 0.05) is 18.3 Å². The number of hydrogen-bond acceptors (Lipinski definition) is 4. The lowest BCUT2D eigenvalue weighted by Crippen LogP contribution is -2.69. The predicted molar refractivity (Wildman–Crippen MR) is 72.9 cm³/mol. The van der Waals surface area contributed by atoms with Crippen LogP contribution in [-0.4, -0.2) is 35.2 Å². The Balaban J connectivity index is 1.81. The van der Waals surface area contributed by atoms with Gasteiger partial charge in [0.05, 0.1) is 0 Å². The van der Waals surface area contributed by atoms with Gasteiger partial charge in [-0.1, -0.05) is 13.8 Å². The van der Waals surface area contributed by atoms with Gasteiger partial charge >= 0.3 is 0 Å². The van der Waals surface area contributed by atoms with E-state index >= 15 is 0 Å². The number of aliphatic hydroxyl groups is 1. The third-order valence-electron chi connectivity index (χ3n) is 6.62. The molecule has 4 rings (SSSR count). The van der Waals surface area contributed by atoms with E-state index in [1.54, 1.807) is 0 Å². The van der Waals surface area contributed by atoms with Crippen LogP contribution in [0.3, 0.4) is 0 Å². The van der Waals surface area contributed by atoms with E-state index in [1.807, 2.05) is 13.8 Å². The summed E-state index contributed by atoms with van der Waals surface area (Å²) in [5.41, 5.74) is -0.508. The van der Waals surface area contributed by atoms with Gasteiger partial charge in [-0.3, -0.25) is 0 Å². The topological polar surface area (TPSA) is 47.9 Å². The zero-order valence-corrected chi connectivity index (χ0v) is 13.0. The molecule has 0 radical (unpaired) electrons. The molecule has 4 nitrogen and oxygen atoms in total. The van der Waals surface area contributed by atoms with Gasteiger partial charge in [-0.2, -0.15) is 0 Å². The van der Waals surface area contributed by atoms with Gasteiger partial charge < -0.3 is 19.3 Å². The molecule has 1 N–H and O–H groups in total. The highest BCUT2D eigenvalue weighted by atomic mass is 19.1. The van der Waals surface area contributed by atoms with E-state index < -0.39 is 30.1 Å². The molecule has 3 aliphatic heterocycles. The quantitative estimate of drug-likeness (QED) is 0.808. The van der Waals surface area contributed by atoms with Crippen molar-refractivity contribution >= 4 is 0 Å². The maximum absolute atomic E-state index is 13.4. The summed E-state index contributed by atoms with van der Waals surface area (Å²) in [5.74, 6) is -1.70. The highest BCUT2D eigenvalue weighted by Gasteiger charge is 2.73. The molecule has 120 valence electrons. The first-order chi connectivity index (χ1) is 9.85. The summed E-state index contributed by atoms with van der Waals surface area (Å²) in [6.45, 7) is 5.18. The van der Waals surface area contributed by atoms with Crippen molar-refractivity contribution in [3.63, 3.8) is 0 Å². The van der Waals surface area contributed by atoms with Crippen LogP contribution in [0.5, 0.6) is 0 Å². The van der Waals surface area contributed by atoms with Crippen molar-refractivity contribution in [2.24, 2.45) is 23.7 Å². The fraction of sp³-hybridized carbons (Fsp3) is 1.00. The Morgan fingerprint density at radius 2 is 1.90 bits per heavy atom. The number of fused-ring (bicyclic) bond motifs is 1. The van der Waals surface area contributed by atoms with E-state index in [0.717, 1.165) is 25.7 Å². The number of ether oxygens (including phenoxy) is 3. The molecule has 1 unspecified atom stereocenters. The monoisotopic (exact) mass is 300 g/mol. The molecule has 3 saturated heterocycles. The average Bonchev–Trinajstić information content (AvgIpc) is 2.65. The maximum atomic E-state index is 13.4. The van der Waals surface area contributed by atoms with Crippen LogP contribution in [-0.2, 0) is 14.2 Å². The molecule has 0 amide bonds. The highest BCUT2D eigenvalue weighted by molar-refractivity contribution is 5.14. The summed E-state index contributed by atoms with van der Waals surface area (Å²) in [6.07, 6.45) is 3.25. The number of alkyl halides is 1. The Bertz CT molecular complexity index is 460. The summed E-state index contributed by atoms with van der Waals surface area (Å²) in [4.78, 5) is 0. The molecule has 4 aliphatic rings. The number of rotatable bonds is 1. The molecule has 0 aromatic heterocycles. The second-order valence-corrected chi connectivity index (χ2v) is 7.73. The molecule has 1 saturated carbocycles. The van der Waals surface area contributed by atoms with Gasteiger partial charge in [0.25, 0.3) is 0 Å². The lowest BCUT2D eigenvalue weighted by molar-refractivity contribution is -0.380. The Kier molecular flexibility index (Phi) is 2.87. The van der Waals surface area contributed by atoms with Crippen molar-refractivity contribution in [1.82, 2.24) is 0 Å². The molecular weight excluding hydrogens is 275 g/mol. The average molecular weight is 300 g/mol. The van der Waals surface area contributed by atoms with Crippen molar-refractivity contribution < 1.29 is 23.7 Å². The molecule has 21 heavy (non-hydrogen) atoms. The highest BCUT2D eigenvalue weighted by Crippen LogP contribution is 2.64. The van der Waals surface area contributed by atoms with E-state index in [2.05, 4.69) is 6.92 Å². The van der Waals surface area contributed by atoms with E-state index in [0.29, 0.717) is 11.8 Å². The zero-order valence-electron chi connectivity index (χ0n) is 13.0. The van der Waals surface area contributed by atoms with Gasteiger partial charge in [0.2, 0.25) is 0 Å². The summed E-state index contributed by atoms with van der Waals surface area (Å²) < 4.78 is 31.7. The van der Waals surface area contributed by atoms with Crippen molar-refractivity contribution in [2.45, 2.75) is 69.9 Å². The minimum absolute atomic E-state index is 0.0836. The van der Waals surface area contributed by atoms with Crippen LogP contribution in [0.4, 0.5) is 4.39 Å². The SMILES string of the molecule is C[C@@H]1CC[C@H]2[C@@H](C)[C@](O)(CF)O[C@@H]3O[C@]4(C)CCC1[C@]32O4. The van der Waals surface area contributed by atoms with Crippen LogP contribution < -0.4 is 0 Å². The van der Waals surface area contributed by atoms with Crippen LogP contribution in [0, 0.1) is 23.7 Å². The number of halogens is 1. The fourth-order valence-electron chi connectivity index (χ4n) is 5.41. The molecule has 1 spiro atoms. The van der Waals surface area contributed by atoms with Crippen LogP contribution in [0.2, 0.25) is 0 Å². The lowest BCUT2D eigenvalue weighted by Gasteiger charge is -2.59. The van der Waals surface area contributed by atoms with Crippen molar-refractivity contribution in [3.8, 4) is 0 Å². The van der Waals surface area contributed by atoms with Crippen LogP contribution in [0.15, 0.2) is 0 Å².